The highest BCUT2D eigenvalue weighted by atomic mass is 35.5. The molecule has 1 unspecified atom stereocenters. The Morgan fingerprint density at radius 2 is 1.76 bits per heavy atom. The summed E-state index contributed by atoms with van der Waals surface area (Å²) in [6.45, 7) is 1.77. The van der Waals surface area contributed by atoms with Crippen molar-refractivity contribution < 1.29 is 18.7 Å². The first-order valence-corrected chi connectivity index (χ1v) is 6.51. The van der Waals surface area contributed by atoms with Crippen LogP contribution in [0.15, 0.2) is 36.4 Å². The monoisotopic (exact) mass is 311 g/mol. The summed E-state index contributed by atoms with van der Waals surface area (Å²) in [5.74, 6) is -4.10. The van der Waals surface area contributed by atoms with Crippen molar-refractivity contribution in [2.45, 2.75) is 13.0 Å². The number of carboxylic acids is 1. The number of nitrogens with one attached hydrogen (secondary N) is 1. The van der Waals surface area contributed by atoms with Gasteiger partial charge in [-0.15, -0.1) is 0 Å². The van der Waals surface area contributed by atoms with Gasteiger partial charge in [-0.25, -0.2) is 13.6 Å². The highest BCUT2D eigenvalue weighted by Gasteiger charge is 2.19. The average Bonchev–Trinajstić information content (AvgIpc) is 2.44. The third-order valence-electron chi connectivity index (χ3n) is 3.05. The normalized spacial score (nSPS) is 12.0. The van der Waals surface area contributed by atoms with Crippen LogP contribution < -0.4 is 5.32 Å². The molecule has 0 aliphatic carbocycles. The zero-order valence-electron chi connectivity index (χ0n) is 11.0. The molecule has 6 heteroatoms. The topological polar surface area (TPSA) is 49.3 Å². The first-order valence-electron chi connectivity index (χ1n) is 6.13. The first kappa shape index (κ1) is 15.3. The van der Waals surface area contributed by atoms with Gasteiger partial charge in [0.25, 0.3) is 0 Å². The molecule has 0 saturated carbocycles. The zero-order chi connectivity index (χ0) is 15.6. The molecule has 0 bridgehead atoms. The van der Waals surface area contributed by atoms with E-state index in [1.54, 1.807) is 31.2 Å². The predicted molar refractivity (Wildman–Crippen MR) is 76.8 cm³/mol. The third-order valence-corrected chi connectivity index (χ3v) is 3.31. The Kier molecular flexibility index (Phi) is 4.43. The standard InChI is InChI=1S/C15H12ClF2NO2/c1-8(9-2-4-10(16)5-3-9)19-12-7-6-11(15(20)21)13(17)14(12)18/h2-8,19H,1H3,(H,20,21). The molecule has 0 aromatic heterocycles. The van der Waals surface area contributed by atoms with Crippen LogP contribution in [-0.4, -0.2) is 11.1 Å². The maximum Gasteiger partial charge on any atom is 0.338 e. The lowest BCUT2D eigenvalue weighted by atomic mass is 10.1. The van der Waals surface area contributed by atoms with Crippen molar-refractivity contribution in [3.8, 4) is 0 Å². The highest BCUT2D eigenvalue weighted by molar-refractivity contribution is 6.30. The number of hydrogen-bond donors (Lipinski definition) is 2. The summed E-state index contributed by atoms with van der Waals surface area (Å²) in [5.41, 5.74) is 0.0404. The maximum atomic E-state index is 13.8. The van der Waals surface area contributed by atoms with Crippen LogP contribution in [0.5, 0.6) is 0 Å². The van der Waals surface area contributed by atoms with Crippen LogP contribution in [0.4, 0.5) is 14.5 Å². The van der Waals surface area contributed by atoms with E-state index in [4.69, 9.17) is 16.7 Å². The van der Waals surface area contributed by atoms with E-state index in [2.05, 4.69) is 5.32 Å². The van der Waals surface area contributed by atoms with Gasteiger partial charge < -0.3 is 10.4 Å². The van der Waals surface area contributed by atoms with Crippen molar-refractivity contribution >= 4 is 23.3 Å². The third kappa shape index (κ3) is 3.31. The highest BCUT2D eigenvalue weighted by Crippen LogP contribution is 2.25. The largest absolute Gasteiger partial charge is 0.478 e. The summed E-state index contributed by atoms with van der Waals surface area (Å²) in [4.78, 5) is 10.7. The zero-order valence-corrected chi connectivity index (χ0v) is 11.8. The molecule has 0 aliphatic rings. The van der Waals surface area contributed by atoms with Crippen LogP contribution in [-0.2, 0) is 0 Å². The van der Waals surface area contributed by atoms with E-state index in [0.29, 0.717) is 5.02 Å². The number of anilines is 1. The molecule has 2 N–H and O–H groups in total. The van der Waals surface area contributed by atoms with Crippen LogP contribution in [0, 0.1) is 11.6 Å². The Hall–Kier alpha value is -2.14. The van der Waals surface area contributed by atoms with E-state index in [1.807, 2.05) is 0 Å². The quantitative estimate of drug-likeness (QED) is 0.874. The Labute approximate surface area is 125 Å². The molecule has 0 radical (unpaired) electrons. The molecule has 0 saturated heterocycles. The smallest absolute Gasteiger partial charge is 0.338 e. The number of carbonyl (C=O) groups is 1. The van der Waals surface area contributed by atoms with Crippen LogP contribution in [0.3, 0.4) is 0 Å². The minimum atomic E-state index is -1.51. The number of halogens is 3. The molecule has 2 aromatic carbocycles. The van der Waals surface area contributed by atoms with Crippen LogP contribution >= 0.6 is 11.6 Å². The molecule has 0 heterocycles. The molecule has 0 spiro atoms. The summed E-state index contributed by atoms with van der Waals surface area (Å²) in [7, 11) is 0. The molecule has 1 atom stereocenters. The fourth-order valence-corrected chi connectivity index (χ4v) is 2.02. The molecule has 0 amide bonds. The molecular weight excluding hydrogens is 300 g/mol. The van der Waals surface area contributed by atoms with Gasteiger partial charge in [-0.1, -0.05) is 23.7 Å². The van der Waals surface area contributed by atoms with E-state index in [1.165, 1.54) is 6.07 Å². The fraction of sp³-hybridized carbons (Fsp3) is 0.133. The Morgan fingerprint density at radius 1 is 1.14 bits per heavy atom. The van der Waals surface area contributed by atoms with Crippen molar-refractivity contribution in [1.29, 1.82) is 0 Å². The second kappa shape index (κ2) is 6.10. The van der Waals surface area contributed by atoms with Gasteiger partial charge in [0.2, 0.25) is 0 Å². The number of aromatic carboxylic acids is 1. The van der Waals surface area contributed by atoms with Gasteiger partial charge in [-0.05, 0) is 36.8 Å². The Morgan fingerprint density at radius 3 is 2.33 bits per heavy atom. The molecular formula is C15H12ClF2NO2. The van der Waals surface area contributed by atoms with E-state index in [0.717, 1.165) is 11.6 Å². The number of carboxylic acid groups (broad SMARTS) is 1. The summed E-state index contributed by atoms with van der Waals surface area (Å²) < 4.78 is 27.4. The number of benzene rings is 2. The van der Waals surface area contributed by atoms with Gasteiger partial charge in [0.05, 0.1) is 11.3 Å². The Bertz CT molecular complexity index is 674. The molecule has 21 heavy (non-hydrogen) atoms. The summed E-state index contributed by atoms with van der Waals surface area (Å²) in [6, 6.07) is 8.84. The fourth-order valence-electron chi connectivity index (χ4n) is 1.89. The molecule has 2 aromatic rings. The van der Waals surface area contributed by atoms with E-state index in [9.17, 15) is 13.6 Å². The van der Waals surface area contributed by atoms with Crippen LogP contribution in [0.2, 0.25) is 5.02 Å². The minimum Gasteiger partial charge on any atom is -0.478 e. The van der Waals surface area contributed by atoms with Gasteiger partial charge >= 0.3 is 5.97 Å². The van der Waals surface area contributed by atoms with Gasteiger partial charge in [-0.2, -0.15) is 0 Å². The molecule has 0 aliphatic heterocycles. The summed E-state index contributed by atoms with van der Waals surface area (Å²) >= 11 is 5.78. The van der Waals surface area contributed by atoms with Gasteiger partial charge in [-0.3, -0.25) is 0 Å². The van der Waals surface area contributed by atoms with Crippen molar-refractivity contribution in [3.63, 3.8) is 0 Å². The van der Waals surface area contributed by atoms with E-state index < -0.39 is 23.2 Å². The van der Waals surface area contributed by atoms with Crippen molar-refractivity contribution in [3.05, 3.63) is 64.2 Å². The van der Waals surface area contributed by atoms with Crippen molar-refractivity contribution in [1.82, 2.24) is 0 Å². The van der Waals surface area contributed by atoms with Crippen molar-refractivity contribution in [2.24, 2.45) is 0 Å². The van der Waals surface area contributed by atoms with Crippen LogP contribution in [0.25, 0.3) is 0 Å². The van der Waals surface area contributed by atoms with Crippen LogP contribution in [0.1, 0.15) is 28.9 Å². The average molecular weight is 312 g/mol. The minimum absolute atomic E-state index is 0.0973. The number of rotatable bonds is 4. The lowest BCUT2D eigenvalue weighted by Crippen LogP contribution is -2.11. The second-order valence-corrected chi connectivity index (χ2v) is 4.95. The maximum absolute atomic E-state index is 13.8. The molecule has 110 valence electrons. The molecule has 3 nitrogen and oxygen atoms in total. The molecule has 2 rings (SSSR count). The summed E-state index contributed by atoms with van der Waals surface area (Å²) in [6.07, 6.45) is 0. The van der Waals surface area contributed by atoms with E-state index in [-0.39, 0.29) is 11.7 Å². The first-order chi connectivity index (χ1) is 9.90. The predicted octanol–water partition coefficient (Wildman–Crippen LogP) is 4.49. The second-order valence-electron chi connectivity index (χ2n) is 4.51. The van der Waals surface area contributed by atoms with Gasteiger partial charge in [0.1, 0.15) is 0 Å². The Balaban J connectivity index is 2.25. The lowest BCUT2D eigenvalue weighted by molar-refractivity contribution is 0.0690. The molecule has 0 fully saturated rings. The SMILES string of the molecule is CC(Nc1ccc(C(=O)O)c(F)c1F)c1ccc(Cl)cc1. The van der Waals surface area contributed by atoms with E-state index >= 15 is 0 Å². The lowest BCUT2D eigenvalue weighted by Gasteiger charge is -2.17. The van der Waals surface area contributed by atoms with Gasteiger partial charge in [0.15, 0.2) is 11.6 Å². The van der Waals surface area contributed by atoms with Gasteiger partial charge in [0, 0.05) is 11.1 Å². The number of hydrogen-bond acceptors (Lipinski definition) is 2. The summed E-state index contributed by atoms with van der Waals surface area (Å²) in [5, 5.41) is 12.1. The van der Waals surface area contributed by atoms with Crippen molar-refractivity contribution in [2.75, 3.05) is 5.32 Å².